The molecular formula is C18H15N3O3S. The Morgan fingerprint density at radius 3 is 2.96 bits per heavy atom. The number of furan rings is 1. The van der Waals surface area contributed by atoms with Gasteiger partial charge < -0.3 is 9.15 Å². The summed E-state index contributed by atoms with van der Waals surface area (Å²) in [6.07, 6.45) is 4.87. The van der Waals surface area contributed by atoms with Crippen molar-refractivity contribution in [1.82, 2.24) is 14.8 Å². The normalized spacial score (nSPS) is 11.1. The largest absolute Gasteiger partial charge is 0.492 e. The first-order valence-electron chi connectivity index (χ1n) is 7.86. The van der Waals surface area contributed by atoms with Gasteiger partial charge in [0.25, 0.3) is 0 Å². The molecule has 0 spiro atoms. The molecule has 4 aromatic heterocycles. The second-order valence-corrected chi connectivity index (χ2v) is 6.31. The van der Waals surface area contributed by atoms with Gasteiger partial charge in [-0.05, 0) is 30.5 Å². The van der Waals surface area contributed by atoms with E-state index in [1.54, 1.807) is 29.4 Å². The summed E-state index contributed by atoms with van der Waals surface area (Å²) in [6, 6.07) is 7.36. The quantitative estimate of drug-likeness (QED) is 0.494. The number of hydrogen-bond acceptors (Lipinski definition) is 6. The molecular weight excluding hydrogens is 338 g/mol. The van der Waals surface area contributed by atoms with Crippen molar-refractivity contribution in [2.75, 3.05) is 6.61 Å². The number of nitrogens with zero attached hydrogens (tertiary/aromatic N) is 3. The number of hydrogen-bond donors (Lipinski definition) is 0. The Labute approximate surface area is 147 Å². The zero-order chi connectivity index (χ0) is 17.2. The summed E-state index contributed by atoms with van der Waals surface area (Å²) < 4.78 is 12.9. The van der Waals surface area contributed by atoms with E-state index in [1.165, 1.54) is 11.3 Å². The van der Waals surface area contributed by atoms with E-state index in [9.17, 15) is 4.79 Å². The summed E-state index contributed by atoms with van der Waals surface area (Å²) in [4.78, 5) is 17.9. The van der Waals surface area contributed by atoms with Gasteiger partial charge in [0.2, 0.25) is 5.78 Å². The molecule has 0 aliphatic rings. The fourth-order valence-electron chi connectivity index (χ4n) is 2.67. The topological polar surface area (TPSA) is 70.2 Å². The van der Waals surface area contributed by atoms with Crippen LogP contribution in [0, 0.1) is 0 Å². The predicted octanol–water partition coefficient (Wildman–Crippen LogP) is 3.76. The highest BCUT2D eigenvalue weighted by Crippen LogP contribution is 2.31. The lowest BCUT2D eigenvalue weighted by Crippen LogP contribution is -2.07. The van der Waals surface area contributed by atoms with Gasteiger partial charge in [0.1, 0.15) is 18.1 Å². The van der Waals surface area contributed by atoms with Crippen molar-refractivity contribution >= 4 is 28.2 Å². The van der Waals surface area contributed by atoms with Crippen LogP contribution in [0.5, 0.6) is 5.75 Å². The van der Waals surface area contributed by atoms with Crippen LogP contribution in [0.2, 0.25) is 0 Å². The molecule has 0 radical (unpaired) electrons. The highest BCUT2D eigenvalue weighted by atomic mass is 32.1. The van der Waals surface area contributed by atoms with Gasteiger partial charge in [0.15, 0.2) is 5.65 Å². The molecule has 0 N–H and O–H groups in total. The van der Waals surface area contributed by atoms with Crippen molar-refractivity contribution < 1.29 is 13.9 Å². The van der Waals surface area contributed by atoms with Gasteiger partial charge in [-0.15, -0.1) is 11.3 Å². The third-order valence-electron chi connectivity index (χ3n) is 3.78. The molecule has 126 valence electrons. The number of ketones is 1. The molecule has 4 heterocycles. The Morgan fingerprint density at radius 2 is 2.24 bits per heavy atom. The van der Waals surface area contributed by atoms with Crippen LogP contribution in [0.25, 0.3) is 11.0 Å². The Bertz CT molecular complexity index is 1000. The molecule has 0 bridgehead atoms. The average Bonchev–Trinajstić information content (AvgIpc) is 3.38. The molecule has 0 unspecified atom stereocenters. The van der Waals surface area contributed by atoms with Crippen molar-refractivity contribution in [2.24, 2.45) is 0 Å². The summed E-state index contributed by atoms with van der Waals surface area (Å²) in [6.45, 7) is 2.80. The minimum Gasteiger partial charge on any atom is -0.492 e. The average molecular weight is 353 g/mol. The van der Waals surface area contributed by atoms with E-state index in [2.05, 4.69) is 10.1 Å². The van der Waals surface area contributed by atoms with Crippen LogP contribution in [-0.4, -0.2) is 27.2 Å². The summed E-state index contributed by atoms with van der Waals surface area (Å²) in [5.74, 6) is 1.21. The fourth-order valence-corrected chi connectivity index (χ4v) is 3.35. The molecule has 0 amide bonds. The van der Waals surface area contributed by atoms with Gasteiger partial charge in [-0.25, -0.2) is 9.67 Å². The zero-order valence-electron chi connectivity index (χ0n) is 13.5. The van der Waals surface area contributed by atoms with Crippen LogP contribution in [0.15, 0.2) is 52.7 Å². The molecule has 4 rings (SSSR count). The molecule has 4 aromatic rings. The Morgan fingerprint density at radius 1 is 1.32 bits per heavy atom. The van der Waals surface area contributed by atoms with Crippen LogP contribution >= 0.6 is 11.3 Å². The SMILES string of the molecule is CCOc1c(C(=O)c2cccs2)cnc2c1cnn2Cc1ccco1. The number of fused-ring (bicyclic) bond motifs is 1. The Kier molecular flexibility index (Phi) is 4.07. The van der Waals surface area contributed by atoms with Crippen molar-refractivity contribution in [3.05, 3.63) is 64.5 Å². The van der Waals surface area contributed by atoms with Crippen molar-refractivity contribution in [2.45, 2.75) is 13.5 Å². The minimum absolute atomic E-state index is 0.0911. The summed E-state index contributed by atoms with van der Waals surface area (Å²) in [5.41, 5.74) is 1.11. The van der Waals surface area contributed by atoms with Gasteiger partial charge in [0, 0.05) is 6.20 Å². The lowest BCUT2D eigenvalue weighted by atomic mass is 10.1. The summed E-state index contributed by atoms with van der Waals surface area (Å²) >= 11 is 1.40. The molecule has 0 saturated carbocycles. The fraction of sp³-hybridized carbons (Fsp3) is 0.167. The summed E-state index contributed by atoms with van der Waals surface area (Å²) in [7, 11) is 0. The van der Waals surface area contributed by atoms with Gasteiger partial charge in [-0.1, -0.05) is 6.07 Å². The predicted molar refractivity (Wildman–Crippen MR) is 94.3 cm³/mol. The number of carbonyl (C=O) groups is 1. The van der Waals surface area contributed by atoms with Crippen molar-refractivity contribution in [3.8, 4) is 5.75 Å². The van der Waals surface area contributed by atoms with Crippen LogP contribution in [0.4, 0.5) is 0 Å². The maximum absolute atomic E-state index is 12.8. The van der Waals surface area contributed by atoms with E-state index >= 15 is 0 Å². The Hall–Kier alpha value is -2.93. The molecule has 0 atom stereocenters. The highest BCUT2D eigenvalue weighted by molar-refractivity contribution is 7.12. The van der Waals surface area contributed by atoms with E-state index in [0.29, 0.717) is 35.0 Å². The first kappa shape index (κ1) is 15.6. The van der Waals surface area contributed by atoms with Crippen molar-refractivity contribution in [3.63, 3.8) is 0 Å². The van der Waals surface area contributed by atoms with E-state index in [0.717, 1.165) is 11.1 Å². The molecule has 0 aliphatic heterocycles. The van der Waals surface area contributed by atoms with Crippen LogP contribution in [0.3, 0.4) is 0 Å². The third kappa shape index (κ3) is 2.83. The highest BCUT2D eigenvalue weighted by Gasteiger charge is 2.21. The zero-order valence-corrected chi connectivity index (χ0v) is 14.3. The second-order valence-electron chi connectivity index (χ2n) is 5.36. The van der Waals surface area contributed by atoms with Gasteiger partial charge in [-0.3, -0.25) is 4.79 Å². The Balaban J connectivity index is 1.80. The molecule has 7 heteroatoms. The first-order chi connectivity index (χ1) is 12.3. The molecule has 0 aromatic carbocycles. The standard InChI is InChI=1S/C18H15N3O3S/c1-2-23-17-13(16(22)15-6-4-8-25-15)9-19-18-14(17)10-20-21(18)11-12-5-3-7-24-12/h3-10H,2,11H2,1H3. The number of thiophene rings is 1. The van der Waals surface area contributed by atoms with Gasteiger partial charge in [0.05, 0.1) is 34.9 Å². The van der Waals surface area contributed by atoms with E-state index in [-0.39, 0.29) is 5.78 Å². The van der Waals surface area contributed by atoms with E-state index in [1.807, 2.05) is 30.5 Å². The van der Waals surface area contributed by atoms with E-state index < -0.39 is 0 Å². The monoisotopic (exact) mass is 353 g/mol. The number of rotatable bonds is 6. The van der Waals surface area contributed by atoms with Crippen LogP contribution in [-0.2, 0) is 6.54 Å². The number of pyridine rings is 1. The lowest BCUT2D eigenvalue weighted by Gasteiger charge is -2.10. The molecule has 25 heavy (non-hydrogen) atoms. The minimum atomic E-state index is -0.0911. The van der Waals surface area contributed by atoms with Gasteiger partial charge >= 0.3 is 0 Å². The first-order valence-corrected chi connectivity index (χ1v) is 8.73. The maximum Gasteiger partial charge on any atom is 0.208 e. The van der Waals surface area contributed by atoms with Gasteiger partial charge in [-0.2, -0.15) is 5.10 Å². The van der Waals surface area contributed by atoms with Crippen molar-refractivity contribution in [1.29, 1.82) is 0 Å². The number of ether oxygens (including phenoxy) is 1. The number of aromatic nitrogens is 3. The lowest BCUT2D eigenvalue weighted by molar-refractivity contribution is 0.103. The van der Waals surface area contributed by atoms with Crippen LogP contribution in [0.1, 0.15) is 27.9 Å². The second kappa shape index (κ2) is 6.52. The molecule has 6 nitrogen and oxygen atoms in total. The van der Waals surface area contributed by atoms with Crippen LogP contribution < -0.4 is 4.74 Å². The summed E-state index contributed by atoms with van der Waals surface area (Å²) in [5, 5.41) is 6.98. The maximum atomic E-state index is 12.8. The molecule has 0 saturated heterocycles. The molecule has 0 aliphatic carbocycles. The third-order valence-corrected chi connectivity index (χ3v) is 4.65. The molecule has 0 fully saturated rings. The van der Waals surface area contributed by atoms with E-state index in [4.69, 9.17) is 9.15 Å². The smallest absolute Gasteiger partial charge is 0.208 e. The number of carbonyl (C=O) groups excluding carboxylic acids is 1.